The Bertz CT molecular complexity index is 70.7. The molecule has 7 heavy (non-hydrogen) atoms. The second-order valence-electron chi connectivity index (χ2n) is 1.44. The van der Waals surface area contributed by atoms with Crippen molar-refractivity contribution in [3.8, 4) is 12.3 Å². The maximum absolute atomic E-state index is 10.3. The van der Waals surface area contributed by atoms with Crippen LogP contribution in [0.5, 0.6) is 0 Å². The summed E-state index contributed by atoms with van der Waals surface area (Å²) in [4.78, 5) is 0. The Hall–Kier alpha value is -0.480. The summed E-state index contributed by atoms with van der Waals surface area (Å²) < 4.78 is 0. The quantitative estimate of drug-likeness (QED) is 0.462. The molecule has 0 saturated carbocycles. The molecule has 0 aromatic rings. The zero-order valence-electron chi connectivity index (χ0n) is 4.48. The van der Waals surface area contributed by atoms with Crippen LogP contribution in [0.4, 0.5) is 0 Å². The van der Waals surface area contributed by atoms with E-state index in [0.717, 1.165) is 6.42 Å². The van der Waals surface area contributed by atoms with Crippen molar-refractivity contribution in [3.63, 3.8) is 0 Å². The van der Waals surface area contributed by atoms with Crippen LogP contribution in [0.1, 0.15) is 19.8 Å². The first-order valence-corrected chi connectivity index (χ1v) is 2.43. The van der Waals surface area contributed by atoms with Crippen LogP contribution in [0.25, 0.3) is 0 Å². The highest BCUT2D eigenvalue weighted by Gasteiger charge is 1.94. The van der Waals surface area contributed by atoms with Gasteiger partial charge in [0, 0.05) is 0 Å². The van der Waals surface area contributed by atoms with E-state index >= 15 is 0 Å². The van der Waals surface area contributed by atoms with Gasteiger partial charge in [0.1, 0.15) is 0 Å². The van der Waals surface area contributed by atoms with E-state index in [-0.39, 0.29) is 0 Å². The van der Waals surface area contributed by atoms with Gasteiger partial charge in [0.2, 0.25) is 0 Å². The van der Waals surface area contributed by atoms with E-state index in [1.807, 2.05) is 6.92 Å². The molecule has 1 unspecified atom stereocenters. The molecule has 0 rings (SSSR count). The van der Waals surface area contributed by atoms with E-state index in [9.17, 15) is 5.11 Å². The topological polar surface area (TPSA) is 19.9 Å². The van der Waals surface area contributed by atoms with Gasteiger partial charge in [0.05, 0.1) is 0 Å². The summed E-state index contributed by atoms with van der Waals surface area (Å²) >= 11 is 0. The Morgan fingerprint density at radius 3 is 2.57 bits per heavy atom. The minimum absolute atomic E-state index is 0.608. The minimum Gasteiger partial charge on any atom is -0.219 e. The van der Waals surface area contributed by atoms with E-state index in [4.69, 9.17) is 6.42 Å². The molecule has 0 saturated heterocycles. The summed E-state index contributed by atoms with van der Waals surface area (Å²) in [6.07, 6.45) is 5.52. The highest BCUT2D eigenvalue weighted by atomic mass is 16.3. The zero-order valence-corrected chi connectivity index (χ0v) is 4.48. The molecule has 0 aliphatic rings. The fourth-order valence-electron chi connectivity index (χ4n) is 0.346. The first kappa shape index (κ1) is 6.52. The largest absolute Gasteiger partial charge is 0.219 e. The normalized spacial score (nSPS) is 12.7. The van der Waals surface area contributed by atoms with Crippen LogP contribution in [0.15, 0.2) is 0 Å². The van der Waals surface area contributed by atoms with Gasteiger partial charge in [-0.1, -0.05) is 19.3 Å². The molecule has 0 aliphatic heterocycles. The van der Waals surface area contributed by atoms with E-state index in [0.29, 0.717) is 6.42 Å². The van der Waals surface area contributed by atoms with Gasteiger partial charge in [-0.05, 0) is 6.42 Å². The van der Waals surface area contributed by atoms with Gasteiger partial charge >= 0.3 is 0 Å². The molecule has 0 aromatic carbocycles. The molecular weight excluding hydrogens is 88.1 g/mol. The molecule has 1 radical (unpaired) electrons. The van der Waals surface area contributed by atoms with Gasteiger partial charge in [-0.25, -0.2) is 5.11 Å². The lowest BCUT2D eigenvalue weighted by Crippen LogP contribution is -1.97. The van der Waals surface area contributed by atoms with Crippen LogP contribution in [-0.4, -0.2) is 6.10 Å². The van der Waals surface area contributed by atoms with E-state index in [2.05, 4.69) is 5.92 Å². The fraction of sp³-hybridized carbons (Fsp3) is 0.667. The van der Waals surface area contributed by atoms with Crippen LogP contribution in [0, 0.1) is 12.3 Å². The molecule has 0 fully saturated rings. The second-order valence-corrected chi connectivity index (χ2v) is 1.44. The summed E-state index contributed by atoms with van der Waals surface area (Å²) in [6.45, 7) is 1.95. The van der Waals surface area contributed by atoms with Crippen LogP contribution >= 0.6 is 0 Å². The van der Waals surface area contributed by atoms with Crippen LogP contribution in [0.2, 0.25) is 0 Å². The molecule has 0 aliphatic carbocycles. The van der Waals surface area contributed by atoms with E-state index in [1.165, 1.54) is 0 Å². The number of hydrogen-bond donors (Lipinski definition) is 0. The number of hydrogen-bond acceptors (Lipinski definition) is 0. The summed E-state index contributed by atoms with van der Waals surface area (Å²) in [5, 5.41) is 10.3. The minimum atomic E-state index is -0.773. The van der Waals surface area contributed by atoms with Crippen LogP contribution in [-0.2, 0) is 5.11 Å². The molecule has 0 N–H and O–H groups in total. The maximum Gasteiger partial charge on any atom is 0.153 e. The summed E-state index contributed by atoms with van der Waals surface area (Å²) in [5.41, 5.74) is 0. The Balaban J connectivity index is 3.04. The van der Waals surface area contributed by atoms with Crippen molar-refractivity contribution < 1.29 is 5.11 Å². The highest BCUT2D eigenvalue weighted by Crippen LogP contribution is 1.92. The highest BCUT2D eigenvalue weighted by molar-refractivity contribution is 4.92. The molecule has 0 amide bonds. The molecule has 0 aromatic heterocycles. The predicted molar refractivity (Wildman–Crippen MR) is 28.2 cm³/mol. The first-order valence-electron chi connectivity index (χ1n) is 2.43. The van der Waals surface area contributed by atoms with Crippen LogP contribution in [0.3, 0.4) is 0 Å². The van der Waals surface area contributed by atoms with E-state index < -0.39 is 6.10 Å². The number of rotatable bonds is 2. The Kier molecular flexibility index (Phi) is 3.45. The van der Waals surface area contributed by atoms with Crippen molar-refractivity contribution in [1.82, 2.24) is 0 Å². The van der Waals surface area contributed by atoms with Gasteiger partial charge in [-0.2, -0.15) is 0 Å². The third-order valence-corrected chi connectivity index (χ3v) is 0.737. The van der Waals surface area contributed by atoms with Gasteiger partial charge in [0.25, 0.3) is 0 Å². The summed E-state index contributed by atoms with van der Waals surface area (Å²) in [7, 11) is 0. The third-order valence-electron chi connectivity index (χ3n) is 0.737. The van der Waals surface area contributed by atoms with Gasteiger partial charge in [0.15, 0.2) is 6.10 Å². The Morgan fingerprint density at radius 1 is 1.86 bits per heavy atom. The van der Waals surface area contributed by atoms with E-state index in [1.54, 1.807) is 0 Å². The summed E-state index contributed by atoms with van der Waals surface area (Å²) in [5.74, 6) is 2.11. The third kappa shape index (κ3) is 3.35. The molecule has 0 spiro atoms. The summed E-state index contributed by atoms with van der Waals surface area (Å²) in [6, 6.07) is 0. The molecule has 1 atom stereocenters. The standard InChI is InChI=1S/C6H9O/c1-3-5-6(7)4-2/h2,6H,3,5H2,1H3. The smallest absolute Gasteiger partial charge is 0.153 e. The van der Waals surface area contributed by atoms with Crippen molar-refractivity contribution in [2.75, 3.05) is 0 Å². The lowest BCUT2D eigenvalue weighted by atomic mass is 10.2. The fourth-order valence-corrected chi connectivity index (χ4v) is 0.346. The maximum atomic E-state index is 10.3. The SMILES string of the molecule is C#CC([O])CCC. The van der Waals surface area contributed by atoms with Gasteiger partial charge in [-0.3, -0.25) is 0 Å². The monoisotopic (exact) mass is 97.1 g/mol. The molecule has 1 nitrogen and oxygen atoms in total. The zero-order chi connectivity index (χ0) is 5.70. The first-order chi connectivity index (χ1) is 3.31. The molecule has 39 valence electrons. The molecule has 0 heterocycles. The second kappa shape index (κ2) is 3.70. The van der Waals surface area contributed by atoms with Crippen molar-refractivity contribution in [2.24, 2.45) is 0 Å². The lowest BCUT2D eigenvalue weighted by Gasteiger charge is -1.91. The Labute approximate surface area is 44.4 Å². The van der Waals surface area contributed by atoms with Crippen molar-refractivity contribution in [3.05, 3.63) is 0 Å². The Morgan fingerprint density at radius 2 is 2.43 bits per heavy atom. The van der Waals surface area contributed by atoms with Crippen LogP contribution < -0.4 is 0 Å². The molecular formula is C6H9O. The predicted octanol–water partition coefficient (Wildman–Crippen LogP) is 1.22. The van der Waals surface area contributed by atoms with Gasteiger partial charge in [-0.15, -0.1) is 6.42 Å². The molecule has 0 bridgehead atoms. The average Bonchev–Trinajstić information content (AvgIpc) is 1.68. The average molecular weight is 97.1 g/mol. The lowest BCUT2D eigenvalue weighted by molar-refractivity contribution is 0.129. The van der Waals surface area contributed by atoms with Crippen molar-refractivity contribution >= 4 is 0 Å². The molecule has 1 heteroatoms. The number of terminal acetylenes is 1. The van der Waals surface area contributed by atoms with Crippen molar-refractivity contribution in [2.45, 2.75) is 25.9 Å². The van der Waals surface area contributed by atoms with Gasteiger partial charge < -0.3 is 0 Å². The van der Waals surface area contributed by atoms with Crippen molar-refractivity contribution in [1.29, 1.82) is 0 Å².